The Balaban J connectivity index is 1.38. The fourth-order valence-electron chi connectivity index (χ4n) is 4.68. The van der Waals surface area contributed by atoms with Gasteiger partial charge in [-0.05, 0) is 62.1 Å². The molecule has 8 nitrogen and oxygen atoms in total. The van der Waals surface area contributed by atoms with Crippen LogP contribution in [0.15, 0.2) is 47.0 Å². The number of rotatable bonds is 9. The molecule has 1 amide bonds. The van der Waals surface area contributed by atoms with E-state index in [1.165, 1.54) is 11.1 Å². The van der Waals surface area contributed by atoms with Crippen LogP contribution in [0.3, 0.4) is 0 Å². The first-order valence-electron chi connectivity index (χ1n) is 12.2. The molecule has 4 rings (SSSR count). The van der Waals surface area contributed by atoms with Gasteiger partial charge in [-0.2, -0.15) is 4.98 Å². The number of piperidine rings is 1. The van der Waals surface area contributed by atoms with Crippen LogP contribution in [0.4, 0.5) is 0 Å². The van der Waals surface area contributed by atoms with Crippen LogP contribution in [0.5, 0.6) is 11.5 Å². The number of nitrogens with one attached hydrogen (secondary N) is 1. The third kappa shape index (κ3) is 5.82. The SMILES string of the molecule is CCC(NC(=O)C1CCCN(Cc2nc(-c3ccc(OC)c(OC)c3)no2)C1)c1ccccc1C. The first kappa shape index (κ1) is 24.7. The molecule has 1 fully saturated rings. The summed E-state index contributed by atoms with van der Waals surface area (Å²) in [6, 6.07) is 13.8. The van der Waals surface area contributed by atoms with E-state index in [4.69, 9.17) is 14.0 Å². The summed E-state index contributed by atoms with van der Waals surface area (Å²) in [5, 5.41) is 7.43. The zero-order chi connectivity index (χ0) is 24.8. The van der Waals surface area contributed by atoms with E-state index in [0.29, 0.717) is 36.3 Å². The van der Waals surface area contributed by atoms with Gasteiger partial charge in [0.15, 0.2) is 11.5 Å². The topological polar surface area (TPSA) is 89.7 Å². The maximum atomic E-state index is 13.1. The molecular formula is C27H34N4O4. The summed E-state index contributed by atoms with van der Waals surface area (Å²) in [5.41, 5.74) is 3.17. The number of likely N-dealkylation sites (tertiary alicyclic amines) is 1. The lowest BCUT2D eigenvalue weighted by Crippen LogP contribution is -2.43. The molecule has 0 aliphatic carbocycles. The smallest absolute Gasteiger partial charge is 0.241 e. The normalized spacial score (nSPS) is 17.1. The number of benzene rings is 2. The van der Waals surface area contributed by atoms with Crippen molar-refractivity contribution in [2.75, 3.05) is 27.3 Å². The van der Waals surface area contributed by atoms with E-state index in [2.05, 4.69) is 46.3 Å². The fourth-order valence-corrected chi connectivity index (χ4v) is 4.68. The van der Waals surface area contributed by atoms with Crippen LogP contribution >= 0.6 is 0 Å². The molecule has 0 saturated carbocycles. The molecule has 1 aliphatic heterocycles. The quantitative estimate of drug-likeness (QED) is 0.483. The molecule has 35 heavy (non-hydrogen) atoms. The predicted molar refractivity (Wildman–Crippen MR) is 133 cm³/mol. The number of methoxy groups -OCH3 is 2. The van der Waals surface area contributed by atoms with E-state index in [9.17, 15) is 4.79 Å². The third-order valence-electron chi connectivity index (χ3n) is 6.63. The molecule has 2 atom stereocenters. The molecule has 2 aromatic carbocycles. The van der Waals surface area contributed by atoms with E-state index in [1.807, 2.05) is 30.3 Å². The summed E-state index contributed by atoms with van der Waals surface area (Å²) in [7, 11) is 3.19. The van der Waals surface area contributed by atoms with E-state index in [1.54, 1.807) is 14.2 Å². The first-order valence-corrected chi connectivity index (χ1v) is 12.2. The second kappa shape index (κ2) is 11.4. The van der Waals surface area contributed by atoms with E-state index in [0.717, 1.165) is 31.4 Å². The van der Waals surface area contributed by atoms with Gasteiger partial charge in [-0.25, -0.2) is 0 Å². The van der Waals surface area contributed by atoms with E-state index in [-0.39, 0.29) is 17.9 Å². The number of hydrogen-bond donors (Lipinski definition) is 1. The van der Waals surface area contributed by atoms with Crippen molar-refractivity contribution in [2.45, 2.75) is 45.7 Å². The van der Waals surface area contributed by atoms with Crippen molar-refractivity contribution in [3.63, 3.8) is 0 Å². The van der Waals surface area contributed by atoms with Crippen molar-refractivity contribution in [3.8, 4) is 22.9 Å². The van der Waals surface area contributed by atoms with Gasteiger partial charge < -0.3 is 19.3 Å². The van der Waals surface area contributed by atoms with Gasteiger partial charge in [0.2, 0.25) is 17.6 Å². The van der Waals surface area contributed by atoms with Gasteiger partial charge in [-0.15, -0.1) is 0 Å². The summed E-state index contributed by atoms with van der Waals surface area (Å²) < 4.78 is 16.2. The molecule has 0 spiro atoms. The van der Waals surface area contributed by atoms with Crippen molar-refractivity contribution in [1.82, 2.24) is 20.4 Å². The Morgan fingerprint density at radius 1 is 1.20 bits per heavy atom. The highest BCUT2D eigenvalue weighted by atomic mass is 16.5. The summed E-state index contributed by atoms with van der Waals surface area (Å²) >= 11 is 0. The Morgan fingerprint density at radius 2 is 2.00 bits per heavy atom. The molecule has 1 saturated heterocycles. The van der Waals surface area contributed by atoms with Gasteiger partial charge in [-0.1, -0.05) is 36.3 Å². The zero-order valence-electron chi connectivity index (χ0n) is 20.9. The largest absolute Gasteiger partial charge is 0.493 e. The molecule has 186 valence electrons. The molecule has 3 aromatic rings. The van der Waals surface area contributed by atoms with Gasteiger partial charge in [0.25, 0.3) is 0 Å². The lowest BCUT2D eigenvalue weighted by atomic mass is 9.94. The van der Waals surface area contributed by atoms with Crippen molar-refractivity contribution < 1.29 is 18.8 Å². The minimum absolute atomic E-state index is 0.0269. The van der Waals surface area contributed by atoms with Crippen LogP contribution < -0.4 is 14.8 Å². The van der Waals surface area contributed by atoms with Crippen molar-refractivity contribution in [1.29, 1.82) is 0 Å². The number of hydrogen-bond acceptors (Lipinski definition) is 7. The lowest BCUT2D eigenvalue weighted by Gasteiger charge is -2.32. The maximum absolute atomic E-state index is 13.1. The molecule has 8 heteroatoms. The first-order chi connectivity index (χ1) is 17.0. The Kier molecular flexibility index (Phi) is 8.02. The second-order valence-electron chi connectivity index (χ2n) is 8.98. The Labute approximate surface area is 206 Å². The highest BCUT2D eigenvalue weighted by Gasteiger charge is 2.28. The molecule has 1 N–H and O–H groups in total. The Morgan fingerprint density at radius 3 is 2.74 bits per heavy atom. The number of aromatic nitrogens is 2. The van der Waals surface area contributed by atoms with Crippen molar-refractivity contribution in [2.24, 2.45) is 5.92 Å². The highest BCUT2D eigenvalue weighted by Crippen LogP contribution is 2.31. The fraction of sp³-hybridized carbons (Fsp3) is 0.444. The van der Waals surface area contributed by atoms with Crippen LogP contribution in [-0.2, 0) is 11.3 Å². The monoisotopic (exact) mass is 478 g/mol. The second-order valence-corrected chi connectivity index (χ2v) is 8.98. The third-order valence-corrected chi connectivity index (χ3v) is 6.63. The number of ether oxygens (including phenoxy) is 2. The molecule has 0 bridgehead atoms. The summed E-state index contributed by atoms with van der Waals surface area (Å²) in [5.74, 6) is 2.33. The minimum atomic E-state index is -0.0601. The van der Waals surface area contributed by atoms with E-state index >= 15 is 0 Å². The number of carbonyl (C=O) groups excluding carboxylic acids is 1. The Hall–Kier alpha value is -3.39. The van der Waals surface area contributed by atoms with Crippen LogP contribution in [0, 0.1) is 12.8 Å². The Bertz CT molecular complexity index is 1150. The average molecular weight is 479 g/mol. The summed E-state index contributed by atoms with van der Waals surface area (Å²) in [4.78, 5) is 19.9. The van der Waals surface area contributed by atoms with Crippen LogP contribution in [0.1, 0.15) is 49.2 Å². The van der Waals surface area contributed by atoms with Gasteiger partial charge in [0.05, 0.1) is 32.7 Å². The van der Waals surface area contributed by atoms with Crippen LogP contribution in [-0.4, -0.2) is 48.3 Å². The number of amides is 1. The molecule has 1 aliphatic rings. The van der Waals surface area contributed by atoms with Crippen molar-refractivity contribution in [3.05, 3.63) is 59.5 Å². The van der Waals surface area contributed by atoms with Crippen LogP contribution in [0.25, 0.3) is 11.4 Å². The summed E-state index contributed by atoms with van der Waals surface area (Å²) in [6.07, 6.45) is 2.69. The van der Waals surface area contributed by atoms with Gasteiger partial charge in [0.1, 0.15) is 0 Å². The van der Waals surface area contributed by atoms with Gasteiger partial charge in [-0.3, -0.25) is 9.69 Å². The maximum Gasteiger partial charge on any atom is 0.241 e. The molecule has 2 unspecified atom stereocenters. The van der Waals surface area contributed by atoms with Gasteiger partial charge in [0, 0.05) is 12.1 Å². The summed E-state index contributed by atoms with van der Waals surface area (Å²) in [6.45, 7) is 6.28. The van der Waals surface area contributed by atoms with Gasteiger partial charge >= 0.3 is 0 Å². The molecule has 1 aromatic heterocycles. The molecule has 2 heterocycles. The average Bonchev–Trinajstić information content (AvgIpc) is 3.35. The minimum Gasteiger partial charge on any atom is -0.493 e. The highest BCUT2D eigenvalue weighted by molar-refractivity contribution is 5.79. The molecule has 0 radical (unpaired) electrons. The number of aryl methyl sites for hydroxylation is 1. The van der Waals surface area contributed by atoms with E-state index < -0.39 is 0 Å². The zero-order valence-corrected chi connectivity index (χ0v) is 20.9. The predicted octanol–water partition coefficient (Wildman–Crippen LogP) is 4.54. The number of nitrogens with zero attached hydrogens (tertiary/aromatic N) is 3. The standard InChI is InChI=1S/C27H34N4O4/c1-5-22(21-11-7-6-9-18(21)2)28-27(32)20-10-8-14-31(16-20)17-25-29-26(30-35-25)19-12-13-23(33-3)24(15-19)34-4/h6-7,9,11-13,15,20,22H,5,8,10,14,16-17H2,1-4H3,(H,28,32). The molecular weight excluding hydrogens is 444 g/mol. The van der Waals surface area contributed by atoms with Crippen LogP contribution in [0.2, 0.25) is 0 Å². The number of carbonyl (C=O) groups is 1. The lowest BCUT2D eigenvalue weighted by molar-refractivity contribution is -0.127. The van der Waals surface area contributed by atoms with Crippen molar-refractivity contribution >= 4 is 5.91 Å².